The first-order valence-corrected chi connectivity index (χ1v) is 8.31. The van der Waals surface area contributed by atoms with Gasteiger partial charge >= 0.3 is 0 Å². The number of amides is 1. The summed E-state index contributed by atoms with van der Waals surface area (Å²) in [5.41, 5.74) is 6.29. The molecule has 9 heteroatoms. The molecule has 1 aliphatic rings. The molecule has 1 aromatic heterocycles. The summed E-state index contributed by atoms with van der Waals surface area (Å²) in [4.78, 5) is 17.7. The van der Waals surface area contributed by atoms with Crippen LogP contribution in [0.1, 0.15) is 11.8 Å². The standard InChI is InChI=1S/C12H18N4O4S/c1-21(18,19)14-7-12(17)16-5-6-20-10(8-16)9-3-2-4-11(13)15-9/h2-4,10,14H,5-8H2,1H3,(H2,13,15)/t10-/m1/s1. The van der Waals surface area contributed by atoms with Crippen LogP contribution in [0.4, 0.5) is 5.82 Å². The molecular formula is C12H18N4O4S. The van der Waals surface area contributed by atoms with Gasteiger partial charge in [0.1, 0.15) is 11.9 Å². The first-order chi connectivity index (χ1) is 9.85. The number of hydrogen-bond acceptors (Lipinski definition) is 6. The van der Waals surface area contributed by atoms with Gasteiger partial charge in [0.15, 0.2) is 0 Å². The number of anilines is 1. The number of sulfonamides is 1. The summed E-state index contributed by atoms with van der Waals surface area (Å²) in [7, 11) is -3.39. The number of morpholine rings is 1. The van der Waals surface area contributed by atoms with E-state index in [0.29, 0.717) is 31.2 Å². The van der Waals surface area contributed by atoms with E-state index < -0.39 is 10.0 Å². The van der Waals surface area contributed by atoms with Crippen LogP contribution in [0.2, 0.25) is 0 Å². The molecule has 0 bridgehead atoms. The molecule has 1 amide bonds. The fraction of sp³-hybridized carbons (Fsp3) is 0.500. The SMILES string of the molecule is CS(=O)(=O)NCC(=O)N1CCO[C@@H](c2cccc(N)n2)C1. The normalized spacial score (nSPS) is 19.5. The second-order valence-corrected chi connectivity index (χ2v) is 6.61. The number of carbonyl (C=O) groups excluding carboxylic acids is 1. The highest BCUT2D eigenvalue weighted by molar-refractivity contribution is 7.88. The Morgan fingerprint density at radius 3 is 3.00 bits per heavy atom. The number of aromatic nitrogens is 1. The first kappa shape index (κ1) is 15.7. The molecule has 0 saturated carbocycles. The lowest BCUT2D eigenvalue weighted by molar-refractivity contribution is -0.137. The minimum absolute atomic E-state index is 0.254. The fourth-order valence-corrected chi connectivity index (χ4v) is 2.39. The monoisotopic (exact) mass is 314 g/mol. The Morgan fingerprint density at radius 1 is 1.57 bits per heavy atom. The van der Waals surface area contributed by atoms with Gasteiger partial charge in [-0.05, 0) is 12.1 Å². The third-order valence-electron chi connectivity index (χ3n) is 3.03. The topological polar surface area (TPSA) is 115 Å². The van der Waals surface area contributed by atoms with Gasteiger partial charge in [0, 0.05) is 6.54 Å². The summed E-state index contributed by atoms with van der Waals surface area (Å²) in [5, 5.41) is 0. The smallest absolute Gasteiger partial charge is 0.237 e. The molecule has 2 heterocycles. The molecule has 116 valence electrons. The van der Waals surface area contributed by atoms with Gasteiger partial charge in [-0.25, -0.2) is 18.1 Å². The Balaban J connectivity index is 1.99. The van der Waals surface area contributed by atoms with Crippen molar-refractivity contribution < 1.29 is 17.9 Å². The Hall–Kier alpha value is -1.71. The number of nitrogens with two attached hydrogens (primary N) is 1. The van der Waals surface area contributed by atoms with E-state index in [1.807, 2.05) is 0 Å². The van der Waals surface area contributed by atoms with Crippen LogP contribution in [0.25, 0.3) is 0 Å². The molecule has 3 N–H and O–H groups in total. The Labute approximate surface area is 123 Å². The van der Waals surface area contributed by atoms with Crippen molar-refractivity contribution in [3.05, 3.63) is 23.9 Å². The van der Waals surface area contributed by atoms with E-state index in [9.17, 15) is 13.2 Å². The van der Waals surface area contributed by atoms with Crippen molar-refractivity contribution in [3.63, 3.8) is 0 Å². The molecule has 2 rings (SSSR count). The van der Waals surface area contributed by atoms with Crippen LogP contribution in [0.15, 0.2) is 18.2 Å². The first-order valence-electron chi connectivity index (χ1n) is 6.41. The molecule has 1 saturated heterocycles. The summed E-state index contributed by atoms with van der Waals surface area (Å²) < 4.78 is 29.8. The lowest BCUT2D eigenvalue weighted by atomic mass is 10.2. The molecule has 0 radical (unpaired) electrons. The average molecular weight is 314 g/mol. The van der Waals surface area contributed by atoms with Crippen molar-refractivity contribution >= 4 is 21.7 Å². The maximum Gasteiger partial charge on any atom is 0.237 e. The van der Waals surface area contributed by atoms with E-state index in [0.717, 1.165) is 6.26 Å². The van der Waals surface area contributed by atoms with Gasteiger partial charge in [0.05, 0.1) is 31.6 Å². The van der Waals surface area contributed by atoms with Crippen molar-refractivity contribution in [3.8, 4) is 0 Å². The zero-order chi connectivity index (χ0) is 15.5. The fourth-order valence-electron chi connectivity index (χ4n) is 2.01. The Kier molecular flexibility index (Phi) is 4.76. The third kappa shape index (κ3) is 4.66. The van der Waals surface area contributed by atoms with Gasteiger partial charge in [-0.15, -0.1) is 0 Å². The highest BCUT2D eigenvalue weighted by Gasteiger charge is 2.26. The molecule has 8 nitrogen and oxygen atoms in total. The van der Waals surface area contributed by atoms with E-state index >= 15 is 0 Å². The van der Waals surface area contributed by atoms with Crippen LogP contribution < -0.4 is 10.5 Å². The maximum absolute atomic E-state index is 12.0. The summed E-state index contributed by atoms with van der Waals surface area (Å²) >= 11 is 0. The molecular weight excluding hydrogens is 296 g/mol. The van der Waals surface area contributed by atoms with E-state index in [1.54, 1.807) is 23.1 Å². The van der Waals surface area contributed by atoms with Gasteiger partial charge in [-0.1, -0.05) is 6.07 Å². The van der Waals surface area contributed by atoms with E-state index in [2.05, 4.69) is 9.71 Å². The molecule has 21 heavy (non-hydrogen) atoms. The number of nitrogen functional groups attached to an aromatic ring is 1. The third-order valence-corrected chi connectivity index (χ3v) is 3.70. The Bertz CT molecular complexity index is 619. The summed E-state index contributed by atoms with van der Waals surface area (Å²) in [6.45, 7) is 0.853. The summed E-state index contributed by atoms with van der Waals surface area (Å²) in [6, 6.07) is 5.22. The minimum atomic E-state index is -3.39. The zero-order valence-electron chi connectivity index (χ0n) is 11.7. The summed E-state index contributed by atoms with van der Waals surface area (Å²) in [6.07, 6.45) is 0.656. The van der Waals surface area contributed by atoms with Crippen LogP contribution in [-0.4, -0.2) is 56.7 Å². The molecule has 1 fully saturated rings. The van der Waals surface area contributed by atoms with Crippen molar-refractivity contribution in [2.24, 2.45) is 0 Å². The lowest BCUT2D eigenvalue weighted by Crippen LogP contribution is -2.46. The highest BCUT2D eigenvalue weighted by Crippen LogP contribution is 2.21. The molecule has 1 aromatic rings. The number of nitrogens with one attached hydrogen (secondary N) is 1. The second-order valence-electron chi connectivity index (χ2n) is 4.78. The highest BCUT2D eigenvalue weighted by atomic mass is 32.2. The van der Waals surface area contributed by atoms with E-state index in [4.69, 9.17) is 10.5 Å². The van der Waals surface area contributed by atoms with Crippen molar-refractivity contribution in [1.82, 2.24) is 14.6 Å². The second kappa shape index (κ2) is 6.37. The molecule has 1 atom stereocenters. The number of rotatable bonds is 4. The lowest BCUT2D eigenvalue weighted by Gasteiger charge is -2.32. The van der Waals surface area contributed by atoms with E-state index in [1.165, 1.54) is 0 Å². The number of nitrogens with zero attached hydrogens (tertiary/aromatic N) is 2. The molecule has 0 spiro atoms. The van der Waals surface area contributed by atoms with Gasteiger partial charge in [0.2, 0.25) is 15.9 Å². The van der Waals surface area contributed by atoms with Crippen LogP contribution in [-0.2, 0) is 19.6 Å². The number of ether oxygens (including phenoxy) is 1. The van der Waals surface area contributed by atoms with Crippen LogP contribution >= 0.6 is 0 Å². The average Bonchev–Trinajstić information content (AvgIpc) is 2.44. The largest absolute Gasteiger partial charge is 0.384 e. The van der Waals surface area contributed by atoms with Gasteiger partial charge in [-0.3, -0.25) is 4.79 Å². The van der Waals surface area contributed by atoms with Gasteiger partial charge < -0.3 is 15.4 Å². The number of hydrogen-bond donors (Lipinski definition) is 2. The van der Waals surface area contributed by atoms with Gasteiger partial charge in [-0.2, -0.15) is 0 Å². The predicted octanol–water partition coefficient (Wildman–Crippen LogP) is -0.887. The van der Waals surface area contributed by atoms with Crippen molar-refractivity contribution in [2.75, 3.05) is 38.2 Å². The molecule has 1 aliphatic heterocycles. The minimum Gasteiger partial charge on any atom is -0.384 e. The molecule has 0 aliphatic carbocycles. The predicted molar refractivity (Wildman–Crippen MR) is 76.8 cm³/mol. The molecule has 0 aromatic carbocycles. The zero-order valence-corrected chi connectivity index (χ0v) is 12.5. The van der Waals surface area contributed by atoms with Gasteiger partial charge in [0.25, 0.3) is 0 Å². The van der Waals surface area contributed by atoms with Crippen LogP contribution in [0.3, 0.4) is 0 Å². The number of pyridine rings is 1. The van der Waals surface area contributed by atoms with Crippen molar-refractivity contribution in [2.45, 2.75) is 6.10 Å². The Morgan fingerprint density at radius 2 is 2.33 bits per heavy atom. The van der Waals surface area contributed by atoms with Crippen LogP contribution in [0.5, 0.6) is 0 Å². The van der Waals surface area contributed by atoms with Crippen molar-refractivity contribution in [1.29, 1.82) is 0 Å². The van der Waals surface area contributed by atoms with E-state index in [-0.39, 0.29) is 18.6 Å². The summed E-state index contributed by atoms with van der Waals surface area (Å²) in [5.74, 6) is 0.0934. The maximum atomic E-state index is 12.0. The van der Waals surface area contributed by atoms with Crippen LogP contribution in [0, 0.1) is 0 Å². The number of carbonyl (C=O) groups is 1. The molecule has 0 unspecified atom stereocenters. The quantitative estimate of drug-likeness (QED) is 0.745.